The van der Waals surface area contributed by atoms with Crippen molar-refractivity contribution in [3.05, 3.63) is 108 Å². The SMILES string of the molecule is C.CC(C)(C)OC(=O)NC(C)(C)C(=O)N[C@H](COCc1ccccc1)C(=O)Nc1cn(C(C(=O)O)c2ccccc2)c(-c2ccccc2)n1. The fourth-order valence-electron chi connectivity index (χ4n) is 4.73. The summed E-state index contributed by atoms with van der Waals surface area (Å²) in [4.78, 5) is 56.8. The van der Waals surface area contributed by atoms with Gasteiger partial charge in [-0.3, -0.25) is 9.59 Å². The van der Waals surface area contributed by atoms with Crippen LogP contribution in [0.15, 0.2) is 97.2 Å². The van der Waals surface area contributed by atoms with Gasteiger partial charge in [0.1, 0.15) is 23.0 Å². The van der Waals surface area contributed by atoms with Gasteiger partial charge in [-0.1, -0.05) is 98.4 Å². The number of carbonyl (C=O) groups is 4. The average Bonchev–Trinajstić information content (AvgIpc) is 3.43. The second-order valence-electron chi connectivity index (χ2n) is 12.6. The Hall–Kier alpha value is -5.49. The van der Waals surface area contributed by atoms with Crippen LogP contribution >= 0.6 is 0 Å². The number of carboxylic acids is 1. The first kappa shape index (κ1) is 38.0. The molecule has 4 rings (SSSR count). The number of hydrogen-bond donors (Lipinski definition) is 4. The monoisotopic (exact) mass is 671 g/mol. The summed E-state index contributed by atoms with van der Waals surface area (Å²) in [6, 6.07) is 24.6. The van der Waals surface area contributed by atoms with Crippen LogP contribution in [0.1, 0.15) is 59.2 Å². The van der Waals surface area contributed by atoms with Crippen LogP contribution in [0.3, 0.4) is 0 Å². The maximum atomic E-state index is 13.8. The number of nitrogens with one attached hydrogen (secondary N) is 3. The van der Waals surface area contributed by atoms with Crippen molar-refractivity contribution in [3.63, 3.8) is 0 Å². The number of amides is 3. The van der Waals surface area contributed by atoms with Crippen molar-refractivity contribution in [2.75, 3.05) is 11.9 Å². The van der Waals surface area contributed by atoms with Crippen molar-refractivity contribution in [1.82, 2.24) is 20.2 Å². The Morgan fingerprint density at radius 2 is 1.43 bits per heavy atom. The number of rotatable bonds is 13. The smallest absolute Gasteiger partial charge is 0.408 e. The maximum Gasteiger partial charge on any atom is 0.408 e. The van der Waals surface area contributed by atoms with E-state index in [2.05, 4.69) is 20.9 Å². The van der Waals surface area contributed by atoms with E-state index in [-0.39, 0.29) is 26.5 Å². The molecule has 0 aliphatic heterocycles. The highest BCUT2D eigenvalue weighted by Gasteiger charge is 2.35. The van der Waals surface area contributed by atoms with E-state index in [1.54, 1.807) is 75.4 Å². The molecule has 1 unspecified atom stereocenters. The molecule has 0 radical (unpaired) electrons. The number of aliphatic carboxylic acids is 1. The van der Waals surface area contributed by atoms with Crippen molar-refractivity contribution >= 4 is 29.7 Å². The Morgan fingerprint density at radius 3 is 2.00 bits per heavy atom. The van der Waals surface area contributed by atoms with Crippen LogP contribution in [0.4, 0.5) is 10.6 Å². The molecule has 12 heteroatoms. The van der Waals surface area contributed by atoms with Gasteiger partial charge in [0.2, 0.25) is 5.91 Å². The molecule has 3 amide bonds. The molecule has 3 aromatic carbocycles. The highest BCUT2D eigenvalue weighted by molar-refractivity contribution is 5.99. The quantitative estimate of drug-likeness (QED) is 0.139. The first-order valence-corrected chi connectivity index (χ1v) is 15.4. The van der Waals surface area contributed by atoms with Crippen molar-refractivity contribution in [2.24, 2.45) is 0 Å². The lowest BCUT2D eigenvalue weighted by molar-refractivity contribution is -0.139. The van der Waals surface area contributed by atoms with E-state index in [0.29, 0.717) is 17.0 Å². The molecule has 4 aromatic rings. The van der Waals surface area contributed by atoms with Crippen LogP contribution in [0.5, 0.6) is 0 Å². The first-order chi connectivity index (χ1) is 22.7. The third-order valence-electron chi connectivity index (χ3n) is 7.04. The molecule has 0 saturated heterocycles. The molecule has 0 aliphatic rings. The zero-order chi connectivity index (χ0) is 34.9. The Balaban J connectivity index is 0.00000650. The van der Waals surface area contributed by atoms with E-state index in [9.17, 15) is 24.3 Å². The lowest BCUT2D eigenvalue weighted by Crippen LogP contribution is -2.59. The van der Waals surface area contributed by atoms with Crippen molar-refractivity contribution in [2.45, 2.75) is 71.9 Å². The third kappa shape index (κ3) is 10.8. The van der Waals surface area contributed by atoms with Crippen molar-refractivity contribution in [1.29, 1.82) is 0 Å². The zero-order valence-electron chi connectivity index (χ0n) is 27.6. The van der Waals surface area contributed by atoms with Gasteiger partial charge in [-0.25, -0.2) is 14.6 Å². The van der Waals surface area contributed by atoms with Gasteiger partial charge in [-0.05, 0) is 45.7 Å². The second-order valence-corrected chi connectivity index (χ2v) is 12.6. The van der Waals surface area contributed by atoms with E-state index in [1.807, 2.05) is 36.4 Å². The average molecular weight is 672 g/mol. The maximum absolute atomic E-state index is 13.8. The number of imidazole rings is 1. The largest absolute Gasteiger partial charge is 0.479 e. The molecule has 1 aromatic heterocycles. The molecule has 0 saturated carbocycles. The Labute approximate surface area is 286 Å². The second kappa shape index (κ2) is 16.6. The van der Waals surface area contributed by atoms with Crippen LogP contribution in [-0.4, -0.2) is 62.3 Å². The minimum Gasteiger partial charge on any atom is -0.479 e. The number of anilines is 1. The number of benzene rings is 3. The van der Waals surface area contributed by atoms with Gasteiger partial charge in [0.05, 0.1) is 13.2 Å². The lowest BCUT2D eigenvalue weighted by Gasteiger charge is -2.29. The van der Waals surface area contributed by atoms with E-state index in [1.165, 1.54) is 24.6 Å². The van der Waals surface area contributed by atoms with Gasteiger partial charge in [-0.15, -0.1) is 0 Å². The third-order valence-corrected chi connectivity index (χ3v) is 7.04. The molecule has 12 nitrogen and oxygen atoms in total. The zero-order valence-corrected chi connectivity index (χ0v) is 27.6. The highest BCUT2D eigenvalue weighted by atomic mass is 16.6. The highest BCUT2D eigenvalue weighted by Crippen LogP contribution is 2.29. The Morgan fingerprint density at radius 1 is 0.857 bits per heavy atom. The summed E-state index contributed by atoms with van der Waals surface area (Å²) in [7, 11) is 0. The number of carboxylic acid groups (broad SMARTS) is 1. The summed E-state index contributed by atoms with van der Waals surface area (Å²) >= 11 is 0. The molecule has 4 N–H and O–H groups in total. The molecule has 260 valence electrons. The van der Waals surface area contributed by atoms with E-state index < -0.39 is 47.1 Å². The predicted molar refractivity (Wildman–Crippen MR) is 187 cm³/mol. The van der Waals surface area contributed by atoms with Gasteiger partial charge >= 0.3 is 12.1 Å². The summed E-state index contributed by atoms with van der Waals surface area (Å²) in [6.07, 6.45) is 0.651. The fraction of sp³-hybridized carbons (Fsp3) is 0.324. The summed E-state index contributed by atoms with van der Waals surface area (Å²) in [5, 5.41) is 18.2. The van der Waals surface area contributed by atoms with E-state index >= 15 is 0 Å². The molecular weight excluding hydrogens is 626 g/mol. The fourth-order valence-corrected chi connectivity index (χ4v) is 4.73. The Bertz CT molecular complexity index is 1700. The molecule has 1 heterocycles. The molecule has 0 aliphatic carbocycles. The van der Waals surface area contributed by atoms with Crippen LogP contribution in [-0.2, 0) is 30.5 Å². The van der Waals surface area contributed by atoms with Gasteiger partial charge in [0.25, 0.3) is 5.91 Å². The molecule has 2 atom stereocenters. The minimum atomic E-state index is -1.47. The van der Waals surface area contributed by atoms with Gasteiger partial charge in [0.15, 0.2) is 11.9 Å². The van der Waals surface area contributed by atoms with Gasteiger partial charge in [0, 0.05) is 11.8 Å². The molecule has 0 fully saturated rings. The molecule has 0 bridgehead atoms. The van der Waals surface area contributed by atoms with Crippen LogP contribution in [0.2, 0.25) is 0 Å². The van der Waals surface area contributed by atoms with Crippen LogP contribution in [0.25, 0.3) is 11.4 Å². The van der Waals surface area contributed by atoms with Gasteiger partial charge < -0.3 is 35.1 Å². The lowest BCUT2D eigenvalue weighted by atomic mass is 10.0. The summed E-state index contributed by atoms with van der Waals surface area (Å²) in [6.45, 7) is 8.02. The van der Waals surface area contributed by atoms with Gasteiger partial charge in [-0.2, -0.15) is 0 Å². The van der Waals surface area contributed by atoms with Crippen molar-refractivity contribution in [3.8, 4) is 11.4 Å². The minimum absolute atomic E-state index is 0. The normalized spacial score (nSPS) is 12.5. The van der Waals surface area contributed by atoms with Crippen molar-refractivity contribution < 1.29 is 33.8 Å². The van der Waals surface area contributed by atoms with Crippen LogP contribution < -0.4 is 16.0 Å². The molecular formula is C37H45N5O7. The number of aromatic nitrogens is 2. The van der Waals surface area contributed by atoms with E-state index in [4.69, 9.17) is 9.47 Å². The molecule has 49 heavy (non-hydrogen) atoms. The topological polar surface area (TPSA) is 161 Å². The van der Waals surface area contributed by atoms with Crippen LogP contribution in [0, 0.1) is 0 Å². The van der Waals surface area contributed by atoms with E-state index in [0.717, 1.165) is 5.56 Å². The summed E-state index contributed by atoms with van der Waals surface area (Å²) < 4.78 is 12.6. The standard InChI is InChI=1S/C36H41N5O7.CH4/c1-35(2,3)48-34(46)40-36(4,5)33(45)37-27(23-47-22-24-15-9-6-10-16-24)31(42)39-28-21-41(30(38-28)26-19-13-8-14-20-26)29(32(43)44)25-17-11-7-12-18-25;/h6-21,27,29H,22-23H2,1-5H3,(H,37,45)(H,39,42)(H,40,46)(H,43,44);1H4/t27-,29?;/m1./s1. The summed E-state index contributed by atoms with van der Waals surface area (Å²) in [5.41, 5.74) is -0.246. The number of alkyl carbamates (subject to hydrolysis) is 1. The number of hydrogen-bond acceptors (Lipinski definition) is 7. The molecule has 0 spiro atoms. The summed E-state index contributed by atoms with van der Waals surface area (Å²) in [5.74, 6) is -2.07. The number of nitrogens with zero attached hydrogens (tertiary/aromatic N) is 2. The predicted octanol–water partition coefficient (Wildman–Crippen LogP) is 5.80. The number of carbonyl (C=O) groups excluding carboxylic acids is 3. The Kier molecular flexibility index (Phi) is 12.8. The number of ether oxygens (including phenoxy) is 2. The first-order valence-electron chi connectivity index (χ1n) is 15.4.